The zero-order chi connectivity index (χ0) is 11.7. The summed E-state index contributed by atoms with van der Waals surface area (Å²) in [5.74, 6) is 0.0973. The molecule has 1 aliphatic heterocycles. The van der Waals surface area contributed by atoms with Gasteiger partial charge < -0.3 is 4.90 Å². The second kappa shape index (κ2) is 4.30. The molecule has 84 valence electrons. The van der Waals surface area contributed by atoms with Gasteiger partial charge in [-0.2, -0.15) is 0 Å². The van der Waals surface area contributed by atoms with Crippen molar-refractivity contribution in [1.29, 1.82) is 0 Å². The molecule has 1 aliphatic rings. The van der Waals surface area contributed by atoms with Crippen LogP contribution in [0.5, 0.6) is 0 Å². The van der Waals surface area contributed by atoms with Crippen LogP contribution in [-0.2, 0) is 11.2 Å². The van der Waals surface area contributed by atoms with Gasteiger partial charge in [-0.25, -0.2) is 0 Å². The van der Waals surface area contributed by atoms with Gasteiger partial charge >= 0.3 is 0 Å². The molecule has 0 spiro atoms. The van der Waals surface area contributed by atoms with E-state index in [0.29, 0.717) is 6.54 Å². The van der Waals surface area contributed by atoms with Crippen LogP contribution >= 0.6 is 11.6 Å². The van der Waals surface area contributed by atoms with Crippen molar-refractivity contribution in [1.82, 2.24) is 4.90 Å². The fraction of sp³-hybridized carbons (Fsp3) is 0.308. The molecule has 0 atom stereocenters. The van der Waals surface area contributed by atoms with E-state index in [-0.39, 0.29) is 5.91 Å². The largest absolute Gasteiger partial charge is 0.338 e. The Morgan fingerprint density at radius 1 is 1.50 bits per heavy atom. The summed E-state index contributed by atoms with van der Waals surface area (Å²) in [6.07, 6.45) is 0.842. The molecule has 0 bridgehead atoms. The topological polar surface area (TPSA) is 20.3 Å². The van der Waals surface area contributed by atoms with E-state index in [1.54, 1.807) is 6.92 Å². The molecule has 2 nitrogen and oxygen atoms in total. The van der Waals surface area contributed by atoms with Crippen molar-refractivity contribution in [3.63, 3.8) is 0 Å². The molecule has 0 saturated heterocycles. The zero-order valence-corrected chi connectivity index (χ0v) is 10.0. The van der Waals surface area contributed by atoms with Gasteiger partial charge in [-0.05, 0) is 35.3 Å². The lowest BCUT2D eigenvalue weighted by Gasteiger charge is -2.18. The number of fused-ring (bicyclic) bond motifs is 1. The van der Waals surface area contributed by atoms with Gasteiger partial charge in [0.1, 0.15) is 0 Å². The van der Waals surface area contributed by atoms with E-state index in [4.69, 9.17) is 11.6 Å². The highest BCUT2D eigenvalue weighted by Gasteiger charge is 2.18. The lowest BCUT2D eigenvalue weighted by atomic mass is 10.0. The molecule has 0 radical (unpaired) electrons. The molecule has 0 unspecified atom stereocenters. The molecule has 1 aromatic carbocycles. The zero-order valence-electron chi connectivity index (χ0n) is 9.29. The Balaban J connectivity index is 2.35. The molecule has 0 N–H and O–H groups in total. The van der Waals surface area contributed by atoms with Crippen LogP contribution in [0.3, 0.4) is 0 Å². The molecule has 16 heavy (non-hydrogen) atoms. The summed E-state index contributed by atoms with van der Waals surface area (Å²) < 4.78 is 0. The van der Waals surface area contributed by atoms with Crippen molar-refractivity contribution in [2.45, 2.75) is 13.3 Å². The molecule has 0 aromatic heterocycles. The first-order chi connectivity index (χ1) is 7.58. The lowest BCUT2D eigenvalue weighted by molar-refractivity contribution is -0.128. The van der Waals surface area contributed by atoms with E-state index in [2.05, 4.69) is 6.58 Å². The van der Waals surface area contributed by atoms with E-state index < -0.39 is 0 Å². The van der Waals surface area contributed by atoms with Gasteiger partial charge in [0.15, 0.2) is 0 Å². The smallest absolute Gasteiger partial charge is 0.219 e. The first-order valence-corrected chi connectivity index (χ1v) is 5.68. The van der Waals surface area contributed by atoms with Crippen LogP contribution in [0.25, 0.3) is 5.57 Å². The summed E-state index contributed by atoms with van der Waals surface area (Å²) in [5, 5.41) is 0.739. The third kappa shape index (κ3) is 2.12. The molecule has 1 aromatic rings. The Labute approximate surface area is 101 Å². The van der Waals surface area contributed by atoms with Gasteiger partial charge in [0.2, 0.25) is 5.91 Å². The number of hydrogen-bond acceptors (Lipinski definition) is 1. The Kier molecular flexibility index (Phi) is 3.01. The fourth-order valence-electron chi connectivity index (χ4n) is 2.03. The maximum absolute atomic E-state index is 11.4. The predicted octanol–water partition coefficient (Wildman–Crippen LogP) is 2.76. The van der Waals surface area contributed by atoms with Crippen LogP contribution < -0.4 is 0 Å². The second-order valence-corrected chi connectivity index (χ2v) is 4.53. The predicted molar refractivity (Wildman–Crippen MR) is 66.4 cm³/mol. The standard InChI is InChI=1S/C13H14ClNO/c1-9-8-15(10(2)16)6-5-11-7-12(14)3-4-13(9)11/h3-4,7H,1,5-6,8H2,2H3. The van der Waals surface area contributed by atoms with Crippen molar-refractivity contribution in [2.24, 2.45) is 0 Å². The van der Waals surface area contributed by atoms with Crippen LogP contribution in [0.1, 0.15) is 18.1 Å². The molecule has 0 saturated carbocycles. The number of carbonyl (C=O) groups excluding carboxylic acids is 1. The van der Waals surface area contributed by atoms with Crippen LogP contribution in [0.2, 0.25) is 5.02 Å². The maximum atomic E-state index is 11.4. The summed E-state index contributed by atoms with van der Waals surface area (Å²) in [5.41, 5.74) is 3.30. The van der Waals surface area contributed by atoms with Crippen molar-refractivity contribution < 1.29 is 4.79 Å². The molecule has 0 fully saturated rings. The quantitative estimate of drug-likeness (QED) is 0.677. The highest BCUT2D eigenvalue weighted by molar-refractivity contribution is 6.30. The number of hydrogen-bond donors (Lipinski definition) is 0. The Hall–Kier alpha value is -1.28. The fourth-order valence-corrected chi connectivity index (χ4v) is 2.23. The first kappa shape index (κ1) is 11.2. The summed E-state index contributed by atoms with van der Waals surface area (Å²) >= 11 is 5.97. The highest BCUT2D eigenvalue weighted by Crippen LogP contribution is 2.26. The summed E-state index contributed by atoms with van der Waals surface area (Å²) in [4.78, 5) is 13.2. The monoisotopic (exact) mass is 235 g/mol. The molecule has 1 amide bonds. The normalized spacial score (nSPS) is 15.6. The average Bonchev–Trinajstić information content (AvgIpc) is 2.38. The Morgan fingerprint density at radius 2 is 2.25 bits per heavy atom. The minimum atomic E-state index is 0.0973. The maximum Gasteiger partial charge on any atom is 0.219 e. The highest BCUT2D eigenvalue weighted by atomic mass is 35.5. The number of amides is 1. The van der Waals surface area contributed by atoms with Gasteiger partial charge in [0.05, 0.1) is 0 Å². The van der Waals surface area contributed by atoms with Crippen LogP contribution in [0.15, 0.2) is 24.8 Å². The van der Waals surface area contributed by atoms with Crippen molar-refractivity contribution >= 4 is 23.1 Å². The second-order valence-electron chi connectivity index (χ2n) is 4.10. The summed E-state index contributed by atoms with van der Waals surface area (Å²) in [6, 6.07) is 5.82. The van der Waals surface area contributed by atoms with E-state index >= 15 is 0 Å². The lowest BCUT2D eigenvalue weighted by Crippen LogP contribution is -2.30. The Bertz CT molecular complexity index is 453. The van der Waals surface area contributed by atoms with E-state index in [9.17, 15) is 4.79 Å². The number of benzene rings is 1. The van der Waals surface area contributed by atoms with Crippen molar-refractivity contribution in [2.75, 3.05) is 13.1 Å². The molecule has 2 rings (SSSR count). The van der Waals surface area contributed by atoms with Gasteiger partial charge in [0, 0.05) is 25.0 Å². The minimum absolute atomic E-state index is 0.0973. The van der Waals surface area contributed by atoms with E-state index in [1.807, 2.05) is 23.1 Å². The minimum Gasteiger partial charge on any atom is -0.338 e. The van der Waals surface area contributed by atoms with E-state index in [1.165, 1.54) is 5.56 Å². The van der Waals surface area contributed by atoms with Gasteiger partial charge in [0.25, 0.3) is 0 Å². The third-order valence-corrected chi connectivity index (χ3v) is 3.16. The van der Waals surface area contributed by atoms with Crippen molar-refractivity contribution in [3.8, 4) is 0 Å². The molecular weight excluding hydrogens is 222 g/mol. The molecule has 0 aliphatic carbocycles. The molecule has 1 heterocycles. The SMILES string of the molecule is C=C1CN(C(C)=O)CCc2cc(Cl)ccc21. The van der Waals surface area contributed by atoms with Crippen LogP contribution in [0.4, 0.5) is 0 Å². The van der Waals surface area contributed by atoms with Gasteiger partial charge in [-0.1, -0.05) is 24.2 Å². The first-order valence-electron chi connectivity index (χ1n) is 5.30. The van der Waals surface area contributed by atoms with Gasteiger partial charge in [-0.3, -0.25) is 4.79 Å². The van der Waals surface area contributed by atoms with Gasteiger partial charge in [-0.15, -0.1) is 0 Å². The Morgan fingerprint density at radius 3 is 2.94 bits per heavy atom. The van der Waals surface area contributed by atoms with Crippen LogP contribution in [-0.4, -0.2) is 23.9 Å². The van der Waals surface area contributed by atoms with Crippen LogP contribution in [0, 0.1) is 0 Å². The summed E-state index contributed by atoms with van der Waals surface area (Å²) in [6.45, 7) is 6.99. The summed E-state index contributed by atoms with van der Waals surface area (Å²) in [7, 11) is 0. The third-order valence-electron chi connectivity index (χ3n) is 2.93. The average molecular weight is 236 g/mol. The number of nitrogens with zero attached hydrogens (tertiary/aromatic N) is 1. The number of rotatable bonds is 0. The van der Waals surface area contributed by atoms with E-state index in [0.717, 1.165) is 29.1 Å². The number of carbonyl (C=O) groups is 1. The van der Waals surface area contributed by atoms with Crippen molar-refractivity contribution in [3.05, 3.63) is 40.9 Å². The molecular formula is C13H14ClNO. The number of halogens is 1. The molecule has 3 heteroatoms.